The number of nitrogens with zero attached hydrogens (tertiary/aromatic N) is 2. The Morgan fingerprint density at radius 3 is 2.16 bits per heavy atom. The van der Waals surface area contributed by atoms with Crippen molar-refractivity contribution in [2.45, 2.75) is 56.9 Å². The van der Waals surface area contributed by atoms with E-state index in [1.54, 1.807) is 25.1 Å². The van der Waals surface area contributed by atoms with Crippen molar-refractivity contribution < 1.29 is 8.42 Å². The molecule has 0 aromatic carbocycles. The van der Waals surface area contributed by atoms with Gasteiger partial charge in [0.05, 0.1) is 4.75 Å². The lowest BCUT2D eigenvalue weighted by Crippen LogP contribution is -2.47. The molecule has 2 heterocycles. The number of sulfonamides is 1. The van der Waals surface area contributed by atoms with Crippen molar-refractivity contribution in [2.24, 2.45) is 5.73 Å². The van der Waals surface area contributed by atoms with E-state index in [0.717, 1.165) is 32.4 Å². The fourth-order valence-corrected chi connectivity index (χ4v) is 4.39. The Labute approximate surface area is 117 Å². The second-order valence-corrected chi connectivity index (χ2v) is 9.48. The molecular weight excluding hydrogens is 262 g/mol. The highest BCUT2D eigenvalue weighted by molar-refractivity contribution is 7.90. The van der Waals surface area contributed by atoms with E-state index in [2.05, 4.69) is 4.90 Å². The van der Waals surface area contributed by atoms with Crippen molar-refractivity contribution in [1.82, 2.24) is 9.21 Å². The summed E-state index contributed by atoms with van der Waals surface area (Å²) < 4.78 is 25.8. The third-order valence-corrected chi connectivity index (χ3v) is 6.89. The molecule has 0 bridgehead atoms. The average molecular weight is 289 g/mol. The second kappa shape index (κ2) is 5.31. The highest BCUT2D eigenvalue weighted by Crippen LogP contribution is 2.27. The number of likely N-dealkylation sites (tertiary alicyclic amines) is 1. The van der Waals surface area contributed by atoms with Crippen molar-refractivity contribution in [2.75, 3.05) is 26.2 Å². The van der Waals surface area contributed by atoms with Gasteiger partial charge >= 0.3 is 0 Å². The van der Waals surface area contributed by atoms with Crippen LogP contribution in [0.2, 0.25) is 0 Å². The summed E-state index contributed by atoms with van der Waals surface area (Å²) in [7, 11) is -3.18. The topological polar surface area (TPSA) is 66.6 Å². The molecule has 2 saturated heterocycles. The van der Waals surface area contributed by atoms with Crippen LogP contribution in [0.25, 0.3) is 0 Å². The molecule has 0 aromatic heterocycles. The molecule has 0 radical (unpaired) electrons. The van der Waals surface area contributed by atoms with E-state index in [0.29, 0.717) is 25.2 Å². The molecule has 0 saturated carbocycles. The van der Waals surface area contributed by atoms with E-state index in [-0.39, 0.29) is 0 Å². The van der Waals surface area contributed by atoms with Crippen molar-refractivity contribution in [3.8, 4) is 0 Å². The molecule has 5 nitrogen and oxygen atoms in total. The van der Waals surface area contributed by atoms with Crippen LogP contribution in [-0.4, -0.2) is 60.6 Å². The van der Waals surface area contributed by atoms with Crippen molar-refractivity contribution >= 4 is 10.0 Å². The van der Waals surface area contributed by atoms with Crippen LogP contribution in [0.15, 0.2) is 0 Å². The minimum Gasteiger partial charge on any atom is -0.328 e. The van der Waals surface area contributed by atoms with Crippen molar-refractivity contribution in [1.29, 1.82) is 0 Å². The Hall–Kier alpha value is -0.170. The first-order chi connectivity index (χ1) is 8.72. The third kappa shape index (κ3) is 3.12. The van der Waals surface area contributed by atoms with Gasteiger partial charge in [-0.1, -0.05) is 0 Å². The Morgan fingerprint density at radius 2 is 1.63 bits per heavy atom. The predicted octanol–water partition coefficient (Wildman–Crippen LogP) is 0.612. The van der Waals surface area contributed by atoms with Gasteiger partial charge in [0.25, 0.3) is 0 Å². The van der Waals surface area contributed by atoms with Crippen LogP contribution in [0.4, 0.5) is 0 Å². The SMILES string of the molecule is CC(C)(C)S(=O)(=O)N1CCC(N2CCC(N)CC2)C1. The van der Waals surface area contributed by atoms with Gasteiger partial charge in [-0.2, -0.15) is 4.31 Å². The summed E-state index contributed by atoms with van der Waals surface area (Å²) >= 11 is 0. The van der Waals surface area contributed by atoms with Gasteiger partial charge in [-0.05, 0) is 53.1 Å². The summed E-state index contributed by atoms with van der Waals surface area (Å²) in [5.74, 6) is 0. The highest BCUT2D eigenvalue weighted by Gasteiger charge is 2.40. The first-order valence-corrected chi connectivity index (χ1v) is 8.65. The third-order valence-electron chi connectivity index (χ3n) is 4.33. The normalized spacial score (nSPS) is 28.9. The van der Waals surface area contributed by atoms with Gasteiger partial charge in [0.15, 0.2) is 0 Å². The largest absolute Gasteiger partial charge is 0.328 e. The van der Waals surface area contributed by atoms with Crippen molar-refractivity contribution in [3.05, 3.63) is 0 Å². The number of hydrogen-bond acceptors (Lipinski definition) is 4. The number of piperidine rings is 1. The summed E-state index contributed by atoms with van der Waals surface area (Å²) in [6, 6.07) is 0.705. The lowest BCUT2D eigenvalue weighted by Gasteiger charge is -2.35. The monoisotopic (exact) mass is 289 g/mol. The molecule has 0 spiro atoms. The van der Waals surface area contributed by atoms with E-state index in [1.807, 2.05) is 0 Å². The lowest BCUT2D eigenvalue weighted by molar-refractivity contribution is 0.158. The van der Waals surface area contributed by atoms with Gasteiger partial charge in [-0.15, -0.1) is 0 Å². The second-order valence-electron chi connectivity index (χ2n) is 6.79. The molecule has 1 unspecified atom stereocenters. The maximum atomic E-state index is 12.4. The fraction of sp³-hybridized carbons (Fsp3) is 1.00. The number of rotatable bonds is 2. The zero-order valence-corrected chi connectivity index (χ0v) is 13.1. The van der Waals surface area contributed by atoms with Crippen LogP contribution >= 0.6 is 0 Å². The number of hydrogen-bond donors (Lipinski definition) is 1. The van der Waals surface area contributed by atoms with E-state index in [9.17, 15) is 8.42 Å². The molecular formula is C13H27N3O2S. The molecule has 2 aliphatic heterocycles. The molecule has 2 N–H and O–H groups in total. The summed E-state index contributed by atoms with van der Waals surface area (Å²) in [6.07, 6.45) is 3.01. The van der Waals surface area contributed by atoms with E-state index in [4.69, 9.17) is 5.73 Å². The average Bonchev–Trinajstić information content (AvgIpc) is 2.78. The van der Waals surface area contributed by atoms with Crippen LogP contribution in [0.1, 0.15) is 40.0 Å². The molecule has 0 aliphatic carbocycles. The van der Waals surface area contributed by atoms with Crippen LogP contribution in [0.5, 0.6) is 0 Å². The highest BCUT2D eigenvalue weighted by atomic mass is 32.2. The van der Waals surface area contributed by atoms with Crippen LogP contribution in [0, 0.1) is 0 Å². The minimum absolute atomic E-state index is 0.326. The van der Waals surface area contributed by atoms with E-state index < -0.39 is 14.8 Å². The molecule has 6 heteroatoms. The first-order valence-electron chi connectivity index (χ1n) is 7.21. The van der Waals surface area contributed by atoms with E-state index >= 15 is 0 Å². The fourth-order valence-electron chi connectivity index (χ4n) is 2.90. The Bertz CT molecular complexity index is 408. The molecule has 0 amide bonds. The zero-order valence-electron chi connectivity index (χ0n) is 12.3. The van der Waals surface area contributed by atoms with E-state index in [1.165, 1.54) is 0 Å². The van der Waals surface area contributed by atoms with Gasteiger partial charge in [0.2, 0.25) is 10.0 Å². The molecule has 2 fully saturated rings. The van der Waals surface area contributed by atoms with Crippen LogP contribution < -0.4 is 5.73 Å². The van der Waals surface area contributed by atoms with Gasteiger partial charge in [-0.25, -0.2) is 8.42 Å². The smallest absolute Gasteiger partial charge is 0.219 e. The maximum absolute atomic E-state index is 12.4. The summed E-state index contributed by atoms with van der Waals surface area (Å²) in [5.41, 5.74) is 5.92. The summed E-state index contributed by atoms with van der Waals surface area (Å²) in [6.45, 7) is 8.65. The maximum Gasteiger partial charge on any atom is 0.219 e. The molecule has 112 valence electrons. The van der Waals surface area contributed by atoms with Gasteiger partial charge < -0.3 is 5.73 Å². The number of nitrogens with two attached hydrogens (primary N) is 1. The zero-order chi connectivity index (χ0) is 14.3. The first kappa shape index (κ1) is 15.2. The van der Waals surface area contributed by atoms with Crippen LogP contribution in [0.3, 0.4) is 0 Å². The van der Waals surface area contributed by atoms with Crippen LogP contribution in [-0.2, 0) is 10.0 Å². The Kier molecular flexibility index (Phi) is 4.26. The Balaban J connectivity index is 1.97. The molecule has 1 atom stereocenters. The van der Waals surface area contributed by atoms with Gasteiger partial charge in [0.1, 0.15) is 0 Å². The van der Waals surface area contributed by atoms with Gasteiger partial charge in [0, 0.05) is 25.2 Å². The molecule has 19 heavy (non-hydrogen) atoms. The molecule has 2 aliphatic rings. The lowest BCUT2D eigenvalue weighted by atomic mass is 10.0. The summed E-state index contributed by atoms with van der Waals surface area (Å²) in [5, 5.41) is 0. The molecule has 2 rings (SSSR count). The minimum atomic E-state index is -3.18. The van der Waals surface area contributed by atoms with Crippen molar-refractivity contribution in [3.63, 3.8) is 0 Å². The summed E-state index contributed by atoms with van der Waals surface area (Å²) in [4.78, 5) is 2.42. The predicted molar refractivity (Wildman–Crippen MR) is 77.4 cm³/mol. The molecule has 0 aromatic rings. The quantitative estimate of drug-likeness (QED) is 0.809. The Morgan fingerprint density at radius 1 is 1.05 bits per heavy atom. The van der Waals surface area contributed by atoms with Gasteiger partial charge in [-0.3, -0.25) is 4.90 Å². The standard InChI is InChI=1S/C13H27N3O2S/c1-13(2,3)19(17,18)16-9-6-12(10-16)15-7-4-11(14)5-8-15/h11-12H,4-10,14H2,1-3H3.